The lowest BCUT2D eigenvalue weighted by Gasteiger charge is -2.28. The number of hydrogen-bond acceptors (Lipinski definition) is 2. The van der Waals surface area contributed by atoms with E-state index in [1.165, 1.54) is 5.56 Å². The predicted molar refractivity (Wildman–Crippen MR) is 78.3 cm³/mol. The van der Waals surface area contributed by atoms with Gasteiger partial charge in [-0.05, 0) is 45.2 Å². The quantitative estimate of drug-likeness (QED) is 0.790. The average molecular weight is 249 g/mol. The summed E-state index contributed by atoms with van der Waals surface area (Å²) in [6.07, 6.45) is 2.37. The lowest BCUT2D eigenvalue weighted by Crippen LogP contribution is -2.44. The molecule has 0 spiro atoms. The Morgan fingerprint density at radius 3 is 2.44 bits per heavy atom. The standard InChI is InChI=1S/C16H27NO/c1-6-14(12-17-16(4,5)7-2)18-15-11-9-8-10-13(15)3/h8-11,14,17H,6-7,12H2,1-5H3. The molecule has 1 rings (SSSR count). The molecule has 0 aliphatic carbocycles. The number of rotatable bonds is 7. The predicted octanol–water partition coefficient (Wildman–Crippen LogP) is 3.93. The molecule has 1 atom stereocenters. The van der Waals surface area contributed by atoms with Crippen LogP contribution >= 0.6 is 0 Å². The number of para-hydroxylation sites is 1. The van der Waals surface area contributed by atoms with Crippen LogP contribution in [-0.2, 0) is 0 Å². The molecule has 0 amide bonds. The molecule has 0 heterocycles. The molecule has 0 radical (unpaired) electrons. The SMILES string of the molecule is CCC(CNC(C)(C)CC)Oc1ccccc1C. The molecule has 0 bridgehead atoms. The van der Waals surface area contributed by atoms with Gasteiger partial charge < -0.3 is 10.1 Å². The fraction of sp³-hybridized carbons (Fsp3) is 0.625. The topological polar surface area (TPSA) is 21.3 Å². The van der Waals surface area contributed by atoms with E-state index in [2.05, 4.69) is 46.0 Å². The second kappa shape index (κ2) is 6.79. The summed E-state index contributed by atoms with van der Waals surface area (Å²) in [7, 11) is 0. The van der Waals surface area contributed by atoms with Gasteiger partial charge in [-0.25, -0.2) is 0 Å². The van der Waals surface area contributed by atoms with Crippen molar-refractivity contribution in [3.63, 3.8) is 0 Å². The largest absolute Gasteiger partial charge is 0.489 e. The third kappa shape index (κ3) is 4.69. The van der Waals surface area contributed by atoms with Gasteiger partial charge in [0.2, 0.25) is 0 Å². The molecule has 1 aromatic rings. The van der Waals surface area contributed by atoms with Crippen LogP contribution in [0.4, 0.5) is 0 Å². The van der Waals surface area contributed by atoms with Crippen molar-refractivity contribution in [2.75, 3.05) is 6.54 Å². The maximum atomic E-state index is 6.07. The zero-order chi connectivity index (χ0) is 13.6. The molecule has 0 saturated carbocycles. The van der Waals surface area contributed by atoms with E-state index < -0.39 is 0 Å². The molecule has 1 unspecified atom stereocenters. The van der Waals surface area contributed by atoms with Crippen molar-refractivity contribution in [1.29, 1.82) is 0 Å². The molecule has 0 aliphatic rings. The minimum atomic E-state index is 0.183. The third-order valence-electron chi connectivity index (χ3n) is 3.53. The molecule has 0 aliphatic heterocycles. The van der Waals surface area contributed by atoms with Gasteiger partial charge in [-0.3, -0.25) is 0 Å². The summed E-state index contributed by atoms with van der Waals surface area (Å²) in [6.45, 7) is 11.8. The first-order valence-electron chi connectivity index (χ1n) is 6.95. The second-order valence-corrected chi connectivity index (χ2v) is 5.53. The zero-order valence-electron chi connectivity index (χ0n) is 12.4. The summed E-state index contributed by atoms with van der Waals surface area (Å²) in [6, 6.07) is 8.20. The van der Waals surface area contributed by atoms with Crippen molar-refractivity contribution in [1.82, 2.24) is 5.32 Å². The molecule has 2 nitrogen and oxygen atoms in total. The first-order chi connectivity index (χ1) is 8.48. The van der Waals surface area contributed by atoms with Gasteiger partial charge in [-0.1, -0.05) is 32.0 Å². The number of nitrogens with one attached hydrogen (secondary N) is 1. The molecule has 2 heteroatoms. The Kier molecular flexibility index (Phi) is 5.67. The van der Waals surface area contributed by atoms with Crippen molar-refractivity contribution in [3.05, 3.63) is 29.8 Å². The van der Waals surface area contributed by atoms with Gasteiger partial charge in [0.05, 0.1) is 0 Å². The lowest BCUT2D eigenvalue weighted by molar-refractivity contribution is 0.176. The summed E-state index contributed by atoms with van der Waals surface area (Å²) >= 11 is 0. The normalized spacial score (nSPS) is 13.4. The number of aryl methyl sites for hydroxylation is 1. The molecule has 0 aromatic heterocycles. The zero-order valence-corrected chi connectivity index (χ0v) is 12.4. The molecule has 1 aromatic carbocycles. The van der Waals surface area contributed by atoms with Crippen LogP contribution in [0.5, 0.6) is 5.75 Å². The Morgan fingerprint density at radius 1 is 1.22 bits per heavy atom. The minimum Gasteiger partial charge on any atom is -0.489 e. The Balaban J connectivity index is 2.55. The van der Waals surface area contributed by atoms with Gasteiger partial charge >= 0.3 is 0 Å². The average Bonchev–Trinajstić information content (AvgIpc) is 2.36. The molecule has 102 valence electrons. The molecular weight excluding hydrogens is 222 g/mol. The van der Waals surface area contributed by atoms with Gasteiger partial charge in [-0.2, -0.15) is 0 Å². The smallest absolute Gasteiger partial charge is 0.122 e. The van der Waals surface area contributed by atoms with E-state index in [1.807, 2.05) is 18.2 Å². The third-order valence-corrected chi connectivity index (χ3v) is 3.53. The summed E-state index contributed by atoms with van der Waals surface area (Å²) in [5.41, 5.74) is 1.38. The van der Waals surface area contributed by atoms with Crippen LogP contribution < -0.4 is 10.1 Å². The van der Waals surface area contributed by atoms with Crippen molar-refractivity contribution < 1.29 is 4.74 Å². The summed E-state index contributed by atoms with van der Waals surface area (Å²) in [4.78, 5) is 0. The highest BCUT2D eigenvalue weighted by atomic mass is 16.5. The van der Waals surface area contributed by atoms with Gasteiger partial charge in [0, 0.05) is 12.1 Å². The van der Waals surface area contributed by atoms with Gasteiger partial charge in [0.15, 0.2) is 0 Å². The molecule has 18 heavy (non-hydrogen) atoms. The maximum absolute atomic E-state index is 6.07. The number of ether oxygens (including phenoxy) is 1. The number of hydrogen-bond donors (Lipinski definition) is 1. The van der Waals surface area contributed by atoms with Crippen LogP contribution in [0.25, 0.3) is 0 Å². The van der Waals surface area contributed by atoms with Crippen molar-refractivity contribution in [2.24, 2.45) is 0 Å². The van der Waals surface area contributed by atoms with E-state index in [0.29, 0.717) is 0 Å². The van der Waals surface area contributed by atoms with Gasteiger partial charge in [0.25, 0.3) is 0 Å². The summed E-state index contributed by atoms with van der Waals surface area (Å²) in [5.74, 6) is 1.00. The summed E-state index contributed by atoms with van der Waals surface area (Å²) < 4.78 is 6.07. The van der Waals surface area contributed by atoms with Crippen LogP contribution in [0, 0.1) is 6.92 Å². The molecule has 1 N–H and O–H groups in total. The number of benzene rings is 1. The van der Waals surface area contributed by atoms with Crippen LogP contribution in [0.2, 0.25) is 0 Å². The van der Waals surface area contributed by atoms with Crippen LogP contribution in [-0.4, -0.2) is 18.2 Å². The molecule has 0 saturated heterocycles. The van der Waals surface area contributed by atoms with E-state index in [9.17, 15) is 0 Å². The van der Waals surface area contributed by atoms with E-state index in [-0.39, 0.29) is 11.6 Å². The van der Waals surface area contributed by atoms with E-state index in [0.717, 1.165) is 25.1 Å². The molecular formula is C16H27NO. The fourth-order valence-electron chi connectivity index (χ4n) is 1.65. The Labute approximate surface area is 112 Å². The van der Waals surface area contributed by atoms with Crippen molar-refractivity contribution in [3.8, 4) is 5.75 Å². The second-order valence-electron chi connectivity index (χ2n) is 5.53. The van der Waals surface area contributed by atoms with E-state index in [1.54, 1.807) is 0 Å². The fourth-order valence-corrected chi connectivity index (χ4v) is 1.65. The first kappa shape index (κ1) is 15.0. The van der Waals surface area contributed by atoms with Crippen LogP contribution in [0.15, 0.2) is 24.3 Å². The van der Waals surface area contributed by atoms with Crippen LogP contribution in [0.1, 0.15) is 46.1 Å². The lowest BCUT2D eigenvalue weighted by atomic mass is 10.0. The van der Waals surface area contributed by atoms with Crippen LogP contribution in [0.3, 0.4) is 0 Å². The van der Waals surface area contributed by atoms with Gasteiger partial charge in [0.1, 0.15) is 11.9 Å². The maximum Gasteiger partial charge on any atom is 0.122 e. The van der Waals surface area contributed by atoms with Gasteiger partial charge in [-0.15, -0.1) is 0 Å². The Hall–Kier alpha value is -1.02. The highest BCUT2D eigenvalue weighted by Gasteiger charge is 2.17. The van der Waals surface area contributed by atoms with E-state index in [4.69, 9.17) is 4.74 Å². The van der Waals surface area contributed by atoms with Crippen molar-refractivity contribution >= 4 is 0 Å². The summed E-state index contributed by atoms with van der Waals surface area (Å²) in [5, 5.41) is 3.57. The Morgan fingerprint density at radius 2 is 1.89 bits per heavy atom. The van der Waals surface area contributed by atoms with E-state index >= 15 is 0 Å². The highest BCUT2D eigenvalue weighted by Crippen LogP contribution is 2.19. The van der Waals surface area contributed by atoms with Crippen molar-refractivity contribution in [2.45, 2.75) is 59.1 Å². The minimum absolute atomic E-state index is 0.183. The first-order valence-corrected chi connectivity index (χ1v) is 6.95. The Bertz CT molecular complexity index is 360. The highest BCUT2D eigenvalue weighted by molar-refractivity contribution is 5.31. The monoisotopic (exact) mass is 249 g/mol. The molecule has 0 fully saturated rings.